The van der Waals surface area contributed by atoms with E-state index < -0.39 is 0 Å². The Morgan fingerprint density at radius 1 is 0.947 bits per heavy atom. The Balaban J connectivity index is 1.37. The molecule has 3 aromatic carbocycles. The van der Waals surface area contributed by atoms with Crippen LogP contribution in [-0.4, -0.2) is 50.0 Å². The van der Waals surface area contributed by atoms with Gasteiger partial charge in [-0.1, -0.05) is 42.5 Å². The number of aromatic nitrogens is 4. The lowest BCUT2D eigenvalue weighted by atomic mass is 10.1. The molecule has 0 radical (unpaired) electrons. The smallest absolute Gasteiger partial charge is 0.261 e. The van der Waals surface area contributed by atoms with Crippen LogP contribution in [0.3, 0.4) is 0 Å². The standard InChI is InChI=1S/C30H27N5O3/c1-33(29(37)25-8-3-2-7-23(25)21-36)19-16-28-32-27-10-5-4-9-26(27)30(38)34(28)20-15-22-11-13-24(14-12-22)35-18-6-17-31-35/h2-14,17-18,21H,15-16,19-20H2,1H3. The van der Waals surface area contributed by atoms with E-state index in [4.69, 9.17) is 4.98 Å². The Kier molecular flexibility index (Phi) is 7.21. The van der Waals surface area contributed by atoms with Gasteiger partial charge in [0.25, 0.3) is 11.5 Å². The molecule has 0 saturated carbocycles. The Hall–Kier alpha value is -4.85. The van der Waals surface area contributed by atoms with Crippen LogP contribution in [0.5, 0.6) is 0 Å². The molecule has 0 aliphatic rings. The molecule has 0 N–H and O–H groups in total. The number of likely N-dealkylation sites (N-methyl/N-ethyl adjacent to an activating group) is 1. The molecule has 0 fully saturated rings. The van der Waals surface area contributed by atoms with E-state index in [1.54, 1.807) is 57.7 Å². The van der Waals surface area contributed by atoms with Crippen molar-refractivity contribution in [2.75, 3.05) is 13.6 Å². The van der Waals surface area contributed by atoms with Crippen molar-refractivity contribution in [2.45, 2.75) is 19.4 Å². The van der Waals surface area contributed by atoms with E-state index in [1.807, 2.05) is 54.7 Å². The number of amides is 1. The van der Waals surface area contributed by atoms with E-state index in [-0.39, 0.29) is 11.5 Å². The van der Waals surface area contributed by atoms with Gasteiger partial charge in [0, 0.05) is 44.5 Å². The lowest BCUT2D eigenvalue weighted by molar-refractivity contribution is 0.0792. The molecular formula is C30H27N5O3. The van der Waals surface area contributed by atoms with Crippen LogP contribution in [-0.2, 0) is 19.4 Å². The first kappa shape index (κ1) is 24.8. The highest BCUT2D eigenvalue weighted by molar-refractivity contribution is 6.01. The summed E-state index contributed by atoms with van der Waals surface area (Å²) in [5, 5.41) is 4.82. The number of aldehydes is 1. The van der Waals surface area contributed by atoms with Crippen molar-refractivity contribution in [3.05, 3.63) is 124 Å². The molecule has 0 aliphatic heterocycles. The van der Waals surface area contributed by atoms with Gasteiger partial charge in [-0.2, -0.15) is 5.10 Å². The second kappa shape index (κ2) is 11.0. The molecule has 0 saturated heterocycles. The molecule has 5 aromatic rings. The predicted octanol–water partition coefficient (Wildman–Crippen LogP) is 3.95. The van der Waals surface area contributed by atoms with Gasteiger partial charge in [-0.25, -0.2) is 9.67 Å². The predicted molar refractivity (Wildman–Crippen MR) is 146 cm³/mol. The number of aryl methyl sites for hydroxylation is 1. The van der Waals surface area contributed by atoms with Gasteiger partial charge >= 0.3 is 0 Å². The van der Waals surface area contributed by atoms with Crippen LogP contribution >= 0.6 is 0 Å². The summed E-state index contributed by atoms with van der Waals surface area (Å²) in [7, 11) is 1.69. The van der Waals surface area contributed by atoms with Crippen molar-refractivity contribution in [1.82, 2.24) is 24.2 Å². The minimum absolute atomic E-state index is 0.0981. The molecule has 5 rings (SSSR count). The molecule has 8 nitrogen and oxygen atoms in total. The average molecular weight is 506 g/mol. The van der Waals surface area contributed by atoms with E-state index in [2.05, 4.69) is 5.10 Å². The summed E-state index contributed by atoms with van der Waals surface area (Å²) < 4.78 is 3.51. The minimum atomic E-state index is -0.250. The Morgan fingerprint density at radius 3 is 2.47 bits per heavy atom. The summed E-state index contributed by atoms with van der Waals surface area (Å²) in [4.78, 5) is 44.2. The van der Waals surface area contributed by atoms with Crippen LogP contribution < -0.4 is 5.56 Å². The summed E-state index contributed by atoms with van der Waals surface area (Å²) >= 11 is 0. The summed E-state index contributed by atoms with van der Waals surface area (Å²) in [6, 6.07) is 24.0. The van der Waals surface area contributed by atoms with Crippen molar-refractivity contribution in [3.8, 4) is 5.69 Å². The largest absolute Gasteiger partial charge is 0.341 e. The number of rotatable bonds is 9. The van der Waals surface area contributed by atoms with Crippen molar-refractivity contribution in [3.63, 3.8) is 0 Å². The number of hydrogen-bond donors (Lipinski definition) is 0. The summed E-state index contributed by atoms with van der Waals surface area (Å²) in [6.07, 6.45) is 5.35. The Bertz CT molecular complexity index is 1640. The van der Waals surface area contributed by atoms with Crippen molar-refractivity contribution in [2.24, 2.45) is 0 Å². The molecule has 2 aromatic heterocycles. The van der Waals surface area contributed by atoms with Crippen LogP contribution in [0.4, 0.5) is 0 Å². The van der Waals surface area contributed by atoms with Gasteiger partial charge in [0.15, 0.2) is 6.29 Å². The summed E-state index contributed by atoms with van der Waals surface area (Å²) in [5.41, 5.74) is 3.29. The minimum Gasteiger partial charge on any atom is -0.341 e. The Morgan fingerprint density at radius 2 is 1.71 bits per heavy atom. The lowest BCUT2D eigenvalue weighted by Crippen LogP contribution is -2.32. The van der Waals surface area contributed by atoms with Crippen LogP contribution in [0.1, 0.15) is 32.1 Å². The first-order chi connectivity index (χ1) is 18.5. The van der Waals surface area contributed by atoms with Gasteiger partial charge in [-0.05, 0) is 48.4 Å². The molecule has 1 amide bonds. The molecule has 0 spiro atoms. The third kappa shape index (κ3) is 5.15. The van der Waals surface area contributed by atoms with Gasteiger partial charge in [-0.15, -0.1) is 0 Å². The van der Waals surface area contributed by atoms with E-state index in [0.717, 1.165) is 11.3 Å². The van der Waals surface area contributed by atoms with Gasteiger partial charge in [0.05, 0.1) is 22.2 Å². The maximum atomic E-state index is 13.5. The number of para-hydroxylation sites is 1. The molecule has 190 valence electrons. The van der Waals surface area contributed by atoms with Crippen molar-refractivity contribution < 1.29 is 9.59 Å². The van der Waals surface area contributed by atoms with E-state index >= 15 is 0 Å². The molecular weight excluding hydrogens is 478 g/mol. The zero-order valence-electron chi connectivity index (χ0n) is 21.0. The Labute approximate surface area is 219 Å². The zero-order valence-corrected chi connectivity index (χ0v) is 21.0. The van der Waals surface area contributed by atoms with Crippen LogP contribution in [0.2, 0.25) is 0 Å². The molecule has 2 heterocycles. The topological polar surface area (TPSA) is 90.1 Å². The summed E-state index contributed by atoms with van der Waals surface area (Å²) in [5.74, 6) is 0.366. The second-order valence-corrected chi connectivity index (χ2v) is 9.05. The number of fused-ring (bicyclic) bond motifs is 1. The molecule has 38 heavy (non-hydrogen) atoms. The zero-order chi connectivity index (χ0) is 26.5. The molecule has 0 bridgehead atoms. The van der Waals surface area contributed by atoms with Crippen LogP contribution in [0.15, 0.2) is 96.1 Å². The molecule has 8 heteroatoms. The fourth-order valence-electron chi connectivity index (χ4n) is 4.48. The fraction of sp³-hybridized carbons (Fsp3) is 0.167. The maximum absolute atomic E-state index is 13.5. The van der Waals surface area contributed by atoms with Gasteiger partial charge in [0.2, 0.25) is 0 Å². The van der Waals surface area contributed by atoms with Crippen LogP contribution in [0, 0.1) is 0 Å². The number of hydrogen-bond acceptors (Lipinski definition) is 5. The second-order valence-electron chi connectivity index (χ2n) is 9.05. The molecule has 0 atom stereocenters. The number of benzene rings is 3. The monoisotopic (exact) mass is 505 g/mol. The highest BCUT2D eigenvalue weighted by atomic mass is 16.2. The van der Waals surface area contributed by atoms with Crippen molar-refractivity contribution >= 4 is 23.1 Å². The van der Waals surface area contributed by atoms with Crippen LogP contribution in [0.25, 0.3) is 16.6 Å². The number of nitrogens with zero attached hydrogens (tertiary/aromatic N) is 5. The quantitative estimate of drug-likeness (QED) is 0.283. The van der Waals surface area contributed by atoms with E-state index in [0.29, 0.717) is 60.1 Å². The van der Waals surface area contributed by atoms with Gasteiger partial charge < -0.3 is 4.90 Å². The first-order valence-corrected chi connectivity index (χ1v) is 12.4. The van der Waals surface area contributed by atoms with E-state index in [9.17, 15) is 14.4 Å². The van der Waals surface area contributed by atoms with E-state index in [1.165, 1.54) is 0 Å². The maximum Gasteiger partial charge on any atom is 0.261 e. The average Bonchev–Trinajstić information content (AvgIpc) is 3.50. The molecule has 0 aliphatic carbocycles. The van der Waals surface area contributed by atoms with Crippen molar-refractivity contribution in [1.29, 1.82) is 0 Å². The first-order valence-electron chi connectivity index (χ1n) is 12.4. The molecule has 0 unspecified atom stereocenters. The number of carbonyl (C=O) groups is 2. The van der Waals surface area contributed by atoms with Gasteiger partial charge in [0.1, 0.15) is 5.82 Å². The summed E-state index contributed by atoms with van der Waals surface area (Å²) in [6.45, 7) is 0.800. The highest BCUT2D eigenvalue weighted by Crippen LogP contribution is 2.14. The van der Waals surface area contributed by atoms with Gasteiger partial charge in [-0.3, -0.25) is 19.0 Å². The lowest BCUT2D eigenvalue weighted by Gasteiger charge is -2.20. The number of carbonyl (C=O) groups excluding carboxylic acids is 2. The third-order valence-electron chi connectivity index (χ3n) is 6.61. The highest BCUT2D eigenvalue weighted by Gasteiger charge is 2.17. The third-order valence-corrected chi connectivity index (χ3v) is 6.61. The fourth-order valence-corrected chi connectivity index (χ4v) is 4.48. The normalized spacial score (nSPS) is 11.0. The SMILES string of the molecule is CN(CCc1nc2ccccc2c(=O)n1CCc1ccc(-n2cccn2)cc1)C(=O)c1ccccc1C=O.